The van der Waals surface area contributed by atoms with Crippen molar-refractivity contribution >= 4 is 28.3 Å². The number of aromatic nitrogens is 2. The zero-order chi connectivity index (χ0) is 16.6. The number of benzene rings is 1. The lowest BCUT2D eigenvalue weighted by molar-refractivity contribution is -0.385. The van der Waals surface area contributed by atoms with Crippen molar-refractivity contribution in [2.45, 2.75) is 0 Å². The molecule has 0 spiro atoms. The van der Waals surface area contributed by atoms with Gasteiger partial charge in [-0.3, -0.25) is 10.1 Å². The van der Waals surface area contributed by atoms with E-state index in [0.717, 1.165) is 0 Å². The zero-order valence-corrected chi connectivity index (χ0v) is 12.6. The van der Waals surface area contributed by atoms with Crippen molar-refractivity contribution in [3.63, 3.8) is 0 Å². The highest BCUT2D eigenvalue weighted by atomic mass is 35.5. The molecule has 0 N–H and O–H groups in total. The molecular formula is C16H9ClFN3O2. The normalized spacial score (nSPS) is 10.4. The summed E-state index contributed by atoms with van der Waals surface area (Å²) in [7, 11) is 1.76. The fourth-order valence-electron chi connectivity index (χ4n) is 2.18. The number of hydrogen-bond acceptors (Lipinski definition) is 3. The van der Waals surface area contributed by atoms with Gasteiger partial charge in [0.15, 0.2) is 0 Å². The summed E-state index contributed by atoms with van der Waals surface area (Å²) in [6, 6.07) is 5.62. The van der Waals surface area contributed by atoms with E-state index in [1.54, 1.807) is 23.9 Å². The van der Waals surface area contributed by atoms with Crippen LogP contribution in [0.1, 0.15) is 11.1 Å². The Kier molecular flexibility index (Phi) is 3.72. The topological polar surface area (TPSA) is 61.0 Å². The molecule has 0 fully saturated rings. The fraction of sp³-hybridized carbons (Fsp3) is 0.0625. The summed E-state index contributed by atoms with van der Waals surface area (Å²) in [6.07, 6.45) is 2.89. The number of pyridine rings is 1. The van der Waals surface area contributed by atoms with Gasteiger partial charge in [-0.05, 0) is 18.2 Å². The van der Waals surface area contributed by atoms with Crippen LogP contribution in [0.3, 0.4) is 0 Å². The van der Waals surface area contributed by atoms with Crippen LogP contribution < -0.4 is 0 Å². The van der Waals surface area contributed by atoms with E-state index in [0.29, 0.717) is 16.6 Å². The predicted molar refractivity (Wildman–Crippen MR) is 84.8 cm³/mol. The van der Waals surface area contributed by atoms with Crippen LogP contribution >= 0.6 is 11.6 Å². The largest absolute Gasteiger partial charge is 0.334 e. The first-order valence-electron chi connectivity index (χ1n) is 6.52. The Morgan fingerprint density at radius 1 is 1.30 bits per heavy atom. The maximum atomic E-state index is 13.7. The first kappa shape index (κ1) is 15.0. The van der Waals surface area contributed by atoms with Gasteiger partial charge in [-0.2, -0.15) is 0 Å². The molecule has 0 radical (unpaired) electrons. The van der Waals surface area contributed by atoms with Crippen LogP contribution in [0.4, 0.5) is 10.1 Å². The van der Waals surface area contributed by atoms with Crippen molar-refractivity contribution in [2.24, 2.45) is 7.05 Å². The quantitative estimate of drug-likeness (QED) is 0.389. The van der Waals surface area contributed by atoms with Gasteiger partial charge in [-0.1, -0.05) is 23.4 Å². The molecule has 0 aliphatic carbocycles. The second-order valence-electron chi connectivity index (χ2n) is 4.85. The third kappa shape index (κ3) is 2.87. The summed E-state index contributed by atoms with van der Waals surface area (Å²) in [6.45, 7) is 0. The summed E-state index contributed by atoms with van der Waals surface area (Å²) < 4.78 is 15.5. The van der Waals surface area contributed by atoms with Crippen molar-refractivity contribution in [1.82, 2.24) is 9.55 Å². The summed E-state index contributed by atoms with van der Waals surface area (Å²) >= 11 is 5.70. The Morgan fingerprint density at radius 3 is 2.74 bits per heavy atom. The molecule has 2 heterocycles. The number of halogens is 2. The maximum Gasteiger partial charge on any atom is 0.288 e. The van der Waals surface area contributed by atoms with Crippen molar-refractivity contribution in [1.29, 1.82) is 0 Å². The predicted octanol–water partition coefficient (Wildman–Crippen LogP) is 3.67. The minimum absolute atomic E-state index is 0.121. The molecule has 0 unspecified atom stereocenters. The lowest BCUT2D eigenvalue weighted by atomic mass is 10.1. The van der Waals surface area contributed by atoms with Gasteiger partial charge < -0.3 is 4.57 Å². The first-order chi connectivity index (χ1) is 11.0. The Morgan fingerprint density at radius 2 is 2.04 bits per heavy atom. The second kappa shape index (κ2) is 5.71. The second-order valence-corrected chi connectivity index (χ2v) is 5.29. The molecule has 23 heavy (non-hydrogen) atoms. The van der Waals surface area contributed by atoms with Crippen LogP contribution in [0.5, 0.6) is 0 Å². The summed E-state index contributed by atoms with van der Waals surface area (Å²) in [5.74, 6) is 5.03. The van der Waals surface area contributed by atoms with Gasteiger partial charge >= 0.3 is 0 Å². The molecule has 3 rings (SSSR count). The van der Waals surface area contributed by atoms with Crippen LogP contribution in [-0.2, 0) is 7.05 Å². The smallest absolute Gasteiger partial charge is 0.288 e. The minimum atomic E-state index is -0.519. The highest BCUT2D eigenvalue weighted by molar-refractivity contribution is 6.30. The molecule has 1 aromatic carbocycles. The van der Waals surface area contributed by atoms with Gasteiger partial charge in [-0.25, -0.2) is 9.37 Å². The third-order valence-corrected chi connectivity index (χ3v) is 3.51. The Labute approximate surface area is 135 Å². The lowest BCUT2D eigenvalue weighted by Gasteiger charge is -1.95. The number of nitro groups is 1. The van der Waals surface area contributed by atoms with Crippen LogP contribution in [0.15, 0.2) is 36.7 Å². The van der Waals surface area contributed by atoms with E-state index in [4.69, 9.17) is 11.6 Å². The van der Waals surface area contributed by atoms with Crippen molar-refractivity contribution in [2.75, 3.05) is 0 Å². The van der Waals surface area contributed by atoms with Gasteiger partial charge in [0.1, 0.15) is 17.7 Å². The van der Waals surface area contributed by atoms with Crippen molar-refractivity contribution in [3.8, 4) is 11.8 Å². The molecular weight excluding hydrogens is 321 g/mol. The van der Waals surface area contributed by atoms with Crippen LogP contribution in [0, 0.1) is 27.8 Å². The van der Waals surface area contributed by atoms with E-state index < -0.39 is 10.7 Å². The Balaban J connectivity index is 2.12. The molecule has 0 aliphatic heterocycles. The Bertz CT molecular complexity index is 1000. The summed E-state index contributed by atoms with van der Waals surface area (Å²) in [5.41, 5.74) is 1.18. The first-order valence-corrected chi connectivity index (χ1v) is 6.90. The monoisotopic (exact) mass is 329 g/mol. The molecule has 0 saturated heterocycles. The number of nitrogens with zero attached hydrogens (tertiary/aromatic N) is 3. The minimum Gasteiger partial charge on any atom is -0.334 e. The molecule has 5 nitrogen and oxygen atoms in total. The maximum absolute atomic E-state index is 13.7. The standard InChI is InChI=1S/C16H9ClFN3O2/c1-20-9-11(3-2-10-4-5-12(17)6-15(10)18)14-7-13(21(22)23)8-19-16(14)20/h4-9H,1H3. The Hall–Kier alpha value is -2.91. The molecule has 2 aromatic heterocycles. The zero-order valence-electron chi connectivity index (χ0n) is 11.9. The summed E-state index contributed by atoms with van der Waals surface area (Å²) in [5, 5.41) is 11.7. The van der Waals surface area contributed by atoms with Crippen LogP contribution in [0.25, 0.3) is 11.0 Å². The number of rotatable bonds is 1. The van der Waals surface area contributed by atoms with E-state index >= 15 is 0 Å². The number of hydrogen-bond donors (Lipinski definition) is 0. The fourth-order valence-corrected chi connectivity index (χ4v) is 2.33. The van der Waals surface area contributed by atoms with Crippen molar-refractivity contribution < 1.29 is 9.31 Å². The van der Waals surface area contributed by atoms with Gasteiger partial charge in [0, 0.05) is 29.7 Å². The highest BCUT2D eigenvalue weighted by Crippen LogP contribution is 2.23. The number of aryl methyl sites for hydroxylation is 1. The molecule has 7 heteroatoms. The van der Waals surface area contributed by atoms with Gasteiger partial charge in [0.25, 0.3) is 5.69 Å². The highest BCUT2D eigenvalue weighted by Gasteiger charge is 2.12. The molecule has 0 aliphatic rings. The SMILES string of the molecule is Cn1cc(C#Cc2ccc(Cl)cc2F)c2cc([N+](=O)[O-])cnc21. The van der Waals surface area contributed by atoms with Crippen LogP contribution in [0.2, 0.25) is 5.02 Å². The molecule has 0 amide bonds. The van der Waals surface area contributed by atoms with E-state index in [-0.39, 0.29) is 16.3 Å². The average Bonchev–Trinajstić information content (AvgIpc) is 2.82. The van der Waals surface area contributed by atoms with E-state index in [9.17, 15) is 14.5 Å². The van der Waals surface area contributed by atoms with Gasteiger partial charge in [-0.15, -0.1) is 0 Å². The molecule has 0 bridgehead atoms. The molecule has 114 valence electrons. The van der Waals surface area contributed by atoms with E-state index in [1.165, 1.54) is 24.4 Å². The van der Waals surface area contributed by atoms with Gasteiger partial charge in [0.2, 0.25) is 0 Å². The number of fused-ring (bicyclic) bond motifs is 1. The molecule has 0 saturated carbocycles. The average molecular weight is 330 g/mol. The van der Waals surface area contributed by atoms with Crippen molar-refractivity contribution in [3.05, 3.63) is 68.7 Å². The van der Waals surface area contributed by atoms with Crippen LogP contribution in [-0.4, -0.2) is 14.5 Å². The third-order valence-electron chi connectivity index (χ3n) is 3.27. The summed E-state index contributed by atoms with van der Waals surface area (Å²) in [4.78, 5) is 14.4. The molecule has 3 aromatic rings. The van der Waals surface area contributed by atoms with Gasteiger partial charge in [0.05, 0.1) is 16.1 Å². The van der Waals surface area contributed by atoms with E-state index in [2.05, 4.69) is 16.8 Å². The van der Waals surface area contributed by atoms with E-state index in [1.807, 2.05) is 0 Å². The lowest BCUT2D eigenvalue weighted by Crippen LogP contribution is -1.91. The molecule has 0 atom stereocenters.